The third kappa shape index (κ3) is 2.98. The Hall–Kier alpha value is -2.31. The van der Waals surface area contributed by atoms with Gasteiger partial charge in [-0.15, -0.1) is 0 Å². The smallest absolute Gasteiger partial charge is 0.321 e. The quantitative estimate of drug-likeness (QED) is 0.885. The number of carboxylic acids is 1. The predicted molar refractivity (Wildman–Crippen MR) is 69.3 cm³/mol. The fourth-order valence-electron chi connectivity index (χ4n) is 2.09. The Morgan fingerprint density at radius 2 is 2.25 bits per heavy atom. The number of likely N-dealkylation sites (tertiary alicyclic amines) is 1. The second kappa shape index (κ2) is 5.77. The fourth-order valence-corrected chi connectivity index (χ4v) is 2.09. The lowest BCUT2D eigenvalue weighted by atomic mass is 10.1. The molecule has 0 saturated carbocycles. The molecule has 1 fully saturated rings. The van der Waals surface area contributed by atoms with Crippen LogP contribution in [-0.2, 0) is 4.79 Å². The van der Waals surface area contributed by atoms with Crippen LogP contribution in [0.3, 0.4) is 0 Å². The number of ether oxygens (including phenoxy) is 1. The summed E-state index contributed by atoms with van der Waals surface area (Å²) in [6.07, 6.45) is 0.430. The SMILES string of the molecule is COc1ccc(NC(=O)N2CCC(C(=O)O)C2)cc1F. The van der Waals surface area contributed by atoms with E-state index in [2.05, 4.69) is 5.32 Å². The van der Waals surface area contributed by atoms with Crippen molar-refractivity contribution in [3.63, 3.8) is 0 Å². The number of benzene rings is 1. The first-order valence-electron chi connectivity index (χ1n) is 6.13. The van der Waals surface area contributed by atoms with Crippen molar-refractivity contribution in [3.05, 3.63) is 24.0 Å². The molecular weight excluding hydrogens is 267 g/mol. The molecule has 0 aliphatic carbocycles. The molecule has 2 N–H and O–H groups in total. The number of amides is 2. The van der Waals surface area contributed by atoms with Crippen molar-refractivity contribution < 1.29 is 23.8 Å². The van der Waals surface area contributed by atoms with Gasteiger partial charge in [0, 0.05) is 24.8 Å². The van der Waals surface area contributed by atoms with Gasteiger partial charge in [0.1, 0.15) is 0 Å². The van der Waals surface area contributed by atoms with Gasteiger partial charge in [0.15, 0.2) is 11.6 Å². The molecule has 2 rings (SSSR count). The average Bonchev–Trinajstić information content (AvgIpc) is 2.88. The Morgan fingerprint density at radius 3 is 2.80 bits per heavy atom. The maximum absolute atomic E-state index is 13.5. The Morgan fingerprint density at radius 1 is 1.50 bits per heavy atom. The lowest BCUT2D eigenvalue weighted by molar-refractivity contribution is -0.141. The molecule has 2 amide bonds. The molecule has 1 aliphatic rings. The van der Waals surface area contributed by atoms with Crippen LogP contribution >= 0.6 is 0 Å². The molecular formula is C13H15FN2O4. The van der Waals surface area contributed by atoms with Crippen molar-refractivity contribution in [2.75, 3.05) is 25.5 Å². The molecule has 0 spiro atoms. The van der Waals surface area contributed by atoms with E-state index in [0.717, 1.165) is 6.07 Å². The first-order chi connectivity index (χ1) is 9.51. The molecule has 6 nitrogen and oxygen atoms in total. The van der Waals surface area contributed by atoms with Crippen LogP contribution in [0.1, 0.15) is 6.42 Å². The van der Waals surface area contributed by atoms with Gasteiger partial charge in [0.2, 0.25) is 0 Å². The lowest BCUT2D eigenvalue weighted by Gasteiger charge is -2.17. The van der Waals surface area contributed by atoms with Crippen LogP contribution in [0.25, 0.3) is 0 Å². The standard InChI is InChI=1S/C13H15FN2O4/c1-20-11-3-2-9(6-10(11)14)15-13(19)16-5-4-8(7-16)12(17)18/h2-3,6,8H,4-5,7H2,1H3,(H,15,19)(H,17,18). The van der Waals surface area contributed by atoms with E-state index in [1.165, 1.54) is 24.1 Å². The zero-order chi connectivity index (χ0) is 14.7. The Kier molecular flexibility index (Phi) is 4.07. The minimum absolute atomic E-state index is 0.0927. The molecule has 1 heterocycles. The summed E-state index contributed by atoms with van der Waals surface area (Å²) in [6.45, 7) is 0.543. The number of carboxylic acid groups (broad SMARTS) is 1. The van der Waals surface area contributed by atoms with E-state index in [1.54, 1.807) is 0 Å². The molecule has 20 heavy (non-hydrogen) atoms. The summed E-state index contributed by atoms with van der Waals surface area (Å²) in [6, 6.07) is 3.65. The van der Waals surface area contributed by atoms with Gasteiger partial charge in [-0.3, -0.25) is 4.79 Å². The van der Waals surface area contributed by atoms with Crippen molar-refractivity contribution in [2.24, 2.45) is 5.92 Å². The molecule has 108 valence electrons. The highest BCUT2D eigenvalue weighted by molar-refractivity contribution is 5.90. The monoisotopic (exact) mass is 282 g/mol. The van der Waals surface area contributed by atoms with Gasteiger partial charge in [-0.1, -0.05) is 0 Å². The normalized spacial score (nSPS) is 17.9. The summed E-state index contributed by atoms with van der Waals surface area (Å²) < 4.78 is 18.3. The summed E-state index contributed by atoms with van der Waals surface area (Å²) >= 11 is 0. The van der Waals surface area contributed by atoms with Crippen molar-refractivity contribution in [1.82, 2.24) is 4.90 Å². The number of rotatable bonds is 3. The van der Waals surface area contributed by atoms with Crippen LogP contribution in [0.2, 0.25) is 0 Å². The summed E-state index contributed by atoms with van der Waals surface area (Å²) in [4.78, 5) is 24.1. The predicted octanol–water partition coefficient (Wildman–Crippen LogP) is 1.77. The molecule has 7 heteroatoms. The largest absolute Gasteiger partial charge is 0.494 e. The molecule has 0 aromatic heterocycles. The first-order valence-corrected chi connectivity index (χ1v) is 6.13. The lowest BCUT2D eigenvalue weighted by Crippen LogP contribution is -2.33. The minimum atomic E-state index is -0.907. The van der Waals surface area contributed by atoms with Crippen molar-refractivity contribution >= 4 is 17.7 Å². The minimum Gasteiger partial charge on any atom is -0.494 e. The van der Waals surface area contributed by atoms with E-state index in [4.69, 9.17) is 9.84 Å². The van der Waals surface area contributed by atoms with Crippen LogP contribution in [-0.4, -0.2) is 42.2 Å². The average molecular weight is 282 g/mol. The number of hydrogen-bond donors (Lipinski definition) is 2. The van der Waals surface area contributed by atoms with Gasteiger partial charge < -0.3 is 20.1 Å². The van der Waals surface area contributed by atoms with Crippen LogP contribution in [0, 0.1) is 11.7 Å². The number of aliphatic carboxylic acids is 1. The van der Waals surface area contributed by atoms with E-state index in [1.807, 2.05) is 0 Å². The number of halogens is 1. The zero-order valence-corrected chi connectivity index (χ0v) is 10.9. The van der Waals surface area contributed by atoms with Crippen LogP contribution in [0.15, 0.2) is 18.2 Å². The number of carbonyl (C=O) groups excluding carboxylic acids is 1. The second-order valence-electron chi connectivity index (χ2n) is 4.55. The zero-order valence-electron chi connectivity index (χ0n) is 10.9. The highest BCUT2D eigenvalue weighted by Crippen LogP contribution is 2.22. The highest BCUT2D eigenvalue weighted by Gasteiger charge is 2.30. The first kappa shape index (κ1) is 14.1. The van der Waals surface area contributed by atoms with Gasteiger partial charge >= 0.3 is 12.0 Å². The Labute approximate surface area is 115 Å². The number of nitrogens with zero attached hydrogens (tertiary/aromatic N) is 1. The molecule has 1 unspecified atom stereocenters. The fraction of sp³-hybridized carbons (Fsp3) is 0.385. The highest BCUT2D eigenvalue weighted by atomic mass is 19.1. The van der Waals surface area contributed by atoms with Gasteiger partial charge in [-0.2, -0.15) is 0 Å². The molecule has 1 aromatic carbocycles. The van der Waals surface area contributed by atoms with Crippen LogP contribution < -0.4 is 10.1 Å². The maximum Gasteiger partial charge on any atom is 0.321 e. The Balaban J connectivity index is 1.98. The number of anilines is 1. The van der Waals surface area contributed by atoms with Gasteiger partial charge in [0.05, 0.1) is 13.0 Å². The molecule has 1 saturated heterocycles. The third-order valence-electron chi connectivity index (χ3n) is 3.23. The number of urea groups is 1. The van der Waals surface area contributed by atoms with E-state index in [9.17, 15) is 14.0 Å². The molecule has 0 bridgehead atoms. The number of nitrogens with one attached hydrogen (secondary N) is 1. The third-order valence-corrected chi connectivity index (χ3v) is 3.23. The Bertz CT molecular complexity index is 535. The summed E-state index contributed by atoms with van der Waals surface area (Å²) in [5.41, 5.74) is 0.298. The van der Waals surface area contributed by atoms with Crippen LogP contribution in [0.5, 0.6) is 5.75 Å². The number of methoxy groups -OCH3 is 1. The van der Waals surface area contributed by atoms with Gasteiger partial charge in [0.25, 0.3) is 0 Å². The molecule has 1 aromatic rings. The number of hydrogen-bond acceptors (Lipinski definition) is 3. The summed E-state index contributed by atoms with van der Waals surface area (Å²) in [7, 11) is 1.35. The number of carbonyl (C=O) groups is 2. The van der Waals surface area contributed by atoms with Crippen molar-refractivity contribution in [1.29, 1.82) is 0 Å². The van der Waals surface area contributed by atoms with Crippen LogP contribution in [0.4, 0.5) is 14.9 Å². The maximum atomic E-state index is 13.5. The van der Waals surface area contributed by atoms with E-state index >= 15 is 0 Å². The topological polar surface area (TPSA) is 78.9 Å². The van der Waals surface area contributed by atoms with E-state index < -0.39 is 23.7 Å². The second-order valence-corrected chi connectivity index (χ2v) is 4.55. The van der Waals surface area contributed by atoms with Gasteiger partial charge in [-0.05, 0) is 18.6 Å². The van der Waals surface area contributed by atoms with Gasteiger partial charge in [-0.25, -0.2) is 9.18 Å². The summed E-state index contributed by atoms with van der Waals surface area (Å²) in [5, 5.41) is 11.4. The molecule has 1 atom stereocenters. The van der Waals surface area contributed by atoms with E-state index in [-0.39, 0.29) is 12.3 Å². The van der Waals surface area contributed by atoms with Crippen molar-refractivity contribution in [3.8, 4) is 5.75 Å². The van der Waals surface area contributed by atoms with E-state index in [0.29, 0.717) is 18.7 Å². The molecule has 0 radical (unpaired) electrons. The summed E-state index contributed by atoms with van der Waals surface area (Å²) in [5.74, 6) is -1.92. The molecule has 1 aliphatic heterocycles. The van der Waals surface area contributed by atoms with Crippen molar-refractivity contribution in [2.45, 2.75) is 6.42 Å².